The molecule has 2 aromatic rings. The van der Waals surface area contributed by atoms with Gasteiger partial charge in [-0.25, -0.2) is 18.7 Å². The molecular weight excluding hydrogens is 310 g/mol. The third-order valence-electron chi connectivity index (χ3n) is 4.57. The van der Waals surface area contributed by atoms with Crippen molar-refractivity contribution < 1.29 is 8.78 Å². The molecule has 3 rings (SSSR count). The van der Waals surface area contributed by atoms with E-state index < -0.39 is 11.6 Å². The van der Waals surface area contributed by atoms with Crippen molar-refractivity contribution in [2.75, 3.05) is 25.0 Å². The highest BCUT2D eigenvalue weighted by molar-refractivity contribution is 5.39. The second kappa shape index (κ2) is 7.21. The number of likely N-dealkylation sites (tertiary alicyclic amines) is 1. The van der Waals surface area contributed by atoms with Crippen LogP contribution in [0, 0.1) is 18.6 Å². The first-order valence-corrected chi connectivity index (χ1v) is 8.20. The fourth-order valence-corrected chi connectivity index (χ4v) is 3.21. The van der Waals surface area contributed by atoms with Gasteiger partial charge in [-0.15, -0.1) is 0 Å². The van der Waals surface area contributed by atoms with Crippen molar-refractivity contribution in [2.24, 2.45) is 0 Å². The van der Waals surface area contributed by atoms with Crippen LogP contribution in [0.5, 0.6) is 0 Å². The van der Waals surface area contributed by atoms with Crippen molar-refractivity contribution in [3.63, 3.8) is 0 Å². The van der Waals surface area contributed by atoms with Gasteiger partial charge in [0.25, 0.3) is 0 Å². The Bertz CT molecular complexity index is 707. The molecule has 0 bridgehead atoms. The van der Waals surface area contributed by atoms with Crippen molar-refractivity contribution >= 4 is 5.82 Å². The van der Waals surface area contributed by atoms with Gasteiger partial charge in [-0.3, -0.25) is 4.90 Å². The standard InChI is InChI=1S/C18H22F2N4/c1-13-8-18(22-12-21-13)23(2)15-4-3-7-24(11-15)10-14-5-6-16(19)17(20)9-14/h5-6,8-9,12,15H,3-4,7,10-11H2,1-2H3. The third kappa shape index (κ3) is 3.87. The second-order valence-electron chi connectivity index (χ2n) is 6.41. The van der Waals surface area contributed by atoms with Crippen LogP contribution in [-0.2, 0) is 6.54 Å². The summed E-state index contributed by atoms with van der Waals surface area (Å²) in [5.74, 6) is -0.661. The Kier molecular flexibility index (Phi) is 5.04. The first-order chi connectivity index (χ1) is 11.5. The third-order valence-corrected chi connectivity index (χ3v) is 4.57. The van der Waals surface area contributed by atoms with E-state index in [0.717, 1.165) is 43.0 Å². The molecule has 0 N–H and O–H groups in total. The highest BCUT2D eigenvalue weighted by Gasteiger charge is 2.24. The van der Waals surface area contributed by atoms with E-state index in [0.29, 0.717) is 12.6 Å². The molecule has 1 saturated heterocycles. The van der Waals surface area contributed by atoms with Gasteiger partial charge in [0.15, 0.2) is 11.6 Å². The van der Waals surface area contributed by atoms with Crippen molar-refractivity contribution in [1.29, 1.82) is 0 Å². The molecule has 0 spiro atoms. The summed E-state index contributed by atoms with van der Waals surface area (Å²) in [5, 5.41) is 0. The van der Waals surface area contributed by atoms with Crippen LogP contribution >= 0.6 is 0 Å². The lowest BCUT2D eigenvalue weighted by atomic mass is 10.0. The smallest absolute Gasteiger partial charge is 0.159 e. The molecule has 1 aromatic carbocycles. The first kappa shape index (κ1) is 16.8. The van der Waals surface area contributed by atoms with E-state index in [1.54, 1.807) is 12.4 Å². The second-order valence-corrected chi connectivity index (χ2v) is 6.41. The van der Waals surface area contributed by atoms with Crippen LogP contribution in [0.4, 0.5) is 14.6 Å². The van der Waals surface area contributed by atoms with E-state index in [9.17, 15) is 8.78 Å². The summed E-state index contributed by atoms with van der Waals surface area (Å²) >= 11 is 0. The summed E-state index contributed by atoms with van der Waals surface area (Å²) in [5.41, 5.74) is 1.75. The number of piperidine rings is 1. The number of rotatable bonds is 4. The predicted molar refractivity (Wildman–Crippen MR) is 89.8 cm³/mol. The Labute approximate surface area is 141 Å². The van der Waals surface area contributed by atoms with Crippen molar-refractivity contribution in [2.45, 2.75) is 32.4 Å². The van der Waals surface area contributed by atoms with Crippen LogP contribution in [0.1, 0.15) is 24.1 Å². The molecular formula is C18H22F2N4. The minimum absolute atomic E-state index is 0.346. The maximum Gasteiger partial charge on any atom is 0.159 e. The van der Waals surface area contributed by atoms with Gasteiger partial charge in [0, 0.05) is 37.9 Å². The lowest BCUT2D eigenvalue weighted by molar-refractivity contribution is 0.198. The SMILES string of the molecule is Cc1cc(N(C)C2CCCN(Cc3ccc(F)c(F)c3)C2)ncn1. The largest absolute Gasteiger partial charge is 0.355 e. The Morgan fingerprint density at radius 2 is 2.04 bits per heavy atom. The van der Waals surface area contributed by atoms with E-state index in [1.165, 1.54) is 12.1 Å². The Morgan fingerprint density at radius 3 is 2.79 bits per heavy atom. The van der Waals surface area contributed by atoms with Crippen LogP contribution in [0.15, 0.2) is 30.6 Å². The number of aromatic nitrogens is 2. The Hall–Kier alpha value is -2.08. The van der Waals surface area contributed by atoms with Crippen LogP contribution in [0.25, 0.3) is 0 Å². The van der Waals surface area contributed by atoms with Crippen LogP contribution in [-0.4, -0.2) is 41.0 Å². The maximum atomic E-state index is 13.4. The van der Waals surface area contributed by atoms with Crippen molar-refractivity contribution in [3.05, 3.63) is 53.5 Å². The number of hydrogen-bond donors (Lipinski definition) is 0. The molecule has 0 saturated carbocycles. The minimum atomic E-state index is -0.797. The van der Waals surface area contributed by atoms with E-state index in [-0.39, 0.29) is 0 Å². The Balaban J connectivity index is 1.66. The fourth-order valence-electron chi connectivity index (χ4n) is 3.21. The zero-order valence-corrected chi connectivity index (χ0v) is 14.0. The minimum Gasteiger partial charge on any atom is -0.355 e. The average molecular weight is 332 g/mol. The number of aryl methyl sites for hydroxylation is 1. The summed E-state index contributed by atoms with van der Waals surface area (Å²) in [4.78, 5) is 13.0. The molecule has 1 aliphatic heterocycles. The van der Waals surface area contributed by atoms with Gasteiger partial charge in [-0.05, 0) is 44.0 Å². The molecule has 0 amide bonds. The zero-order chi connectivity index (χ0) is 17.1. The molecule has 1 unspecified atom stereocenters. The molecule has 1 aliphatic rings. The molecule has 6 heteroatoms. The predicted octanol–water partition coefficient (Wildman–Crippen LogP) is 3.16. The quantitative estimate of drug-likeness (QED) is 0.861. The molecule has 0 aliphatic carbocycles. The fraction of sp³-hybridized carbons (Fsp3) is 0.444. The summed E-state index contributed by atoms with van der Waals surface area (Å²) in [6.45, 7) is 4.42. The molecule has 24 heavy (non-hydrogen) atoms. The van der Waals surface area contributed by atoms with E-state index in [2.05, 4.69) is 19.8 Å². The van der Waals surface area contributed by atoms with Crippen LogP contribution in [0.3, 0.4) is 0 Å². The van der Waals surface area contributed by atoms with Crippen LogP contribution < -0.4 is 4.90 Å². The van der Waals surface area contributed by atoms with Gasteiger partial charge < -0.3 is 4.90 Å². The summed E-state index contributed by atoms with van der Waals surface area (Å²) in [6, 6.07) is 6.46. The van der Waals surface area contributed by atoms with Crippen molar-refractivity contribution in [1.82, 2.24) is 14.9 Å². The Morgan fingerprint density at radius 1 is 1.21 bits per heavy atom. The van der Waals surface area contributed by atoms with Crippen molar-refractivity contribution in [3.8, 4) is 0 Å². The molecule has 1 aromatic heterocycles. The molecule has 128 valence electrons. The molecule has 2 heterocycles. The van der Waals surface area contributed by atoms with Gasteiger partial charge >= 0.3 is 0 Å². The normalized spacial score (nSPS) is 18.6. The number of benzene rings is 1. The lowest BCUT2D eigenvalue weighted by Gasteiger charge is -2.38. The van der Waals surface area contributed by atoms with Gasteiger partial charge in [0.1, 0.15) is 12.1 Å². The number of hydrogen-bond acceptors (Lipinski definition) is 4. The van der Waals surface area contributed by atoms with E-state index >= 15 is 0 Å². The van der Waals surface area contributed by atoms with Gasteiger partial charge in [-0.2, -0.15) is 0 Å². The highest BCUT2D eigenvalue weighted by atomic mass is 19.2. The summed E-state index contributed by atoms with van der Waals surface area (Å²) < 4.78 is 26.4. The molecule has 4 nitrogen and oxygen atoms in total. The first-order valence-electron chi connectivity index (χ1n) is 8.20. The molecule has 1 atom stereocenters. The topological polar surface area (TPSA) is 32.3 Å². The number of anilines is 1. The monoisotopic (exact) mass is 332 g/mol. The van der Waals surface area contributed by atoms with Gasteiger partial charge in [0.2, 0.25) is 0 Å². The number of likely N-dealkylation sites (N-methyl/N-ethyl adjacent to an activating group) is 1. The van der Waals surface area contributed by atoms with Gasteiger partial charge in [-0.1, -0.05) is 6.07 Å². The number of halogens is 2. The zero-order valence-electron chi connectivity index (χ0n) is 14.0. The van der Waals surface area contributed by atoms with E-state index in [1.807, 2.05) is 20.0 Å². The van der Waals surface area contributed by atoms with Gasteiger partial charge in [0.05, 0.1) is 0 Å². The van der Waals surface area contributed by atoms with E-state index in [4.69, 9.17) is 0 Å². The number of nitrogens with zero attached hydrogens (tertiary/aromatic N) is 4. The highest BCUT2D eigenvalue weighted by Crippen LogP contribution is 2.21. The maximum absolute atomic E-state index is 13.4. The molecule has 0 radical (unpaired) electrons. The van der Waals surface area contributed by atoms with Crippen LogP contribution in [0.2, 0.25) is 0 Å². The average Bonchev–Trinajstić information content (AvgIpc) is 2.58. The summed E-state index contributed by atoms with van der Waals surface area (Å²) in [6.07, 6.45) is 3.75. The molecule has 1 fully saturated rings. The summed E-state index contributed by atoms with van der Waals surface area (Å²) in [7, 11) is 2.05. The lowest BCUT2D eigenvalue weighted by Crippen LogP contribution is -2.46.